The van der Waals surface area contributed by atoms with Crippen LogP contribution in [-0.4, -0.2) is 56.7 Å². The molecule has 0 aliphatic carbocycles. The van der Waals surface area contributed by atoms with Gasteiger partial charge in [-0.3, -0.25) is 14.6 Å². The van der Waals surface area contributed by atoms with Gasteiger partial charge in [0.25, 0.3) is 0 Å². The Morgan fingerprint density at radius 2 is 2.04 bits per heavy atom. The third-order valence-corrected chi connectivity index (χ3v) is 5.09. The number of benzene rings is 1. The monoisotopic (exact) mass is 342 g/mol. The average Bonchev–Trinajstić information content (AvgIpc) is 3.17. The number of aryl methyl sites for hydroxylation is 1. The maximum atomic E-state index is 11.1. The van der Waals surface area contributed by atoms with Gasteiger partial charge in [0.15, 0.2) is 0 Å². The van der Waals surface area contributed by atoms with Crippen LogP contribution in [0.2, 0.25) is 0 Å². The summed E-state index contributed by atoms with van der Waals surface area (Å²) in [5, 5.41) is 8.38. The third-order valence-electron chi connectivity index (χ3n) is 5.09. The van der Waals surface area contributed by atoms with Crippen molar-refractivity contribution in [3.63, 3.8) is 0 Å². The van der Waals surface area contributed by atoms with E-state index in [2.05, 4.69) is 27.0 Å². The fourth-order valence-corrected chi connectivity index (χ4v) is 3.29. The summed E-state index contributed by atoms with van der Waals surface area (Å²) in [5.74, 6) is 1.56. The number of likely N-dealkylation sites (N-methyl/N-ethyl adjacent to an activating group) is 1. The molecule has 1 aromatic heterocycles. The van der Waals surface area contributed by atoms with Crippen molar-refractivity contribution >= 4 is 5.91 Å². The van der Waals surface area contributed by atoms with Gasteiger partial charge in [0.2, 0.25) is 5.91 Å². The highest BCUT2D eigenvalue weighted by atomic mass is 16.1. The van der Waals surface area contributed by atoms with Crippen molar-refractivity contribution in [3.05, 3.63) is 47.0 Å². The molecule has 0 unspecified atom stereocenters. The second-order valence-corrected chi connectivity index (χ2v) is 6.88. The zero-order chi connectivity index (χ0) is 18.0. The summed E-state index contributed by atoms with van der Waals surface area (Å²) in [6.07, 6.45) is 1.15. The molecule has 0 saturated carbocycles. The number of carbonyl (C=O) groups excluding carboxylic acids is 1. The zero-order valence-corrected chi connectivity index (χ0v) is 15.1. The van der Waals surface area contributed by atoms with E-state index >= 15 is 0 Å². The van der Waals surface area contributed by atoms with E-state index in [0.29, 0.717) is 11.6 Å². The predicted octanol–water partition coefficient (Wildman–Crippen LogP) is 0.929. The van der Waals surface area contributed by atoms with Crippen LogP contribution in [0, 0.1) is 6.92 Å². The summed E-state index contributed by atoms with van der Waals surface area (Å²) in [6, 6.07) is 8.09. The summed E-state index contributed by atoms with van der Waals surface area (Å²) < 4.78 is 2.05. The first-order chi connectivity index (χ1) is 11.9. The van der Waals surface area contributed by atoms with Crippen LogP contribution < -0.4 is 5.73 Å². The van der Waals surface area contributed by atoms with Gasteiger partial charge in [0, 0.05) is 38.3 Å². The molecule has 1 atom stereocenters. The molecule has 7 nitrogen and oxygen atoms in total. The van der Waals surface area contributed by atoms with Crippen LogP contribution in [0.1, 0.15) is 34.0 Å². The molecule has 2 aromatic rings. The molecule has 7 heteroatoms. The number of rotatable bonds is 6. The minimum Gasteiger partial charge on any atom is -0.366 e. The fraction of sp³-hybridized carbons (Fsp3) is 0.500. The van der Waals surface area contributed by atoms with Crippen LogP contribution >= 0.6 is 0 Å². The molecule has 1 aliphatic heterocycles. The molecule has 1 saturated heterocycles. The number of amides is 1. The Kier molecular flexibility index (Phi) is 5.15. The Hall–Kier alpha value is -2.25. The average molecular weight is 342 g/mol. The van der Waals surface area contributed by atoms with Crippen molar-refractivity contribution in [3.8, 4) is 0 Å². The van der Waals surface area contributed by atoms with Crippen LogP contribution in [0.5, 0.6) is 0 Å². The van der Waals surface area contributed by atoms with Gasteiger partial charge < -0.3 is 10.3 Å². The number of nitrogens with zero attached hydrogens (tertiary/aromatic N) is 5. The van der Waals surface area contributed by atoms with Crippen molar-refractivity contribution in [1.29, 1.82) is 0 Å². The van der Waals surface area contributed by atoms with Crippen LogP contribution in [0.4, 0.5) is 0 Å². The van der Waals surface area contributed by atoms with E-state index in [4.69, 9.17) is 5.73 Å². The summed E-state index contributed by atoms with van der Waals surface area (Å²) in [7, 11) is 4.16. The smallest absolute Gasteiger partial charge is 0.248 e. The Labute approximate surface area is 148 Å². The predicted molar refractivity (Wildman–Crippen MR) is 95.8 cm³/mol. The molecule has 2 heterocycles. The second kappa shape index (κ2) is 7.33. The van der Waals surface area contributed by atoms with Crippen molar-refractivity contribution in [2.75, 3.05) is 20.1 Å². The first-order valence-corrected chi connectivity index (χ1v) is 8.60. The highest BCUT2D eigenvalue weighted by molar-refractivity contribution is 5.92. The minimum atomic E-state index is -0.381. The number of aromatic nitrogens is 3. The van der Waals surface area contributed by atoms with Crippen molar-refractivity contribution in [2.45, 2.75) is 32.5 Å². The van der Waals surface area contributed by atoms with Gasteiger partial charge in [-0.25, -0.2) is 0 Å². The molecule has 1 aliphatic rings. The number of likely N-dealkylation sites (tertiary alicyclic amines) is 1. The van der Waals surface area contributed by atoms with Gasteiger partial charge >= 0.3 is 0 Å². The molecular formula is C18H26N6O. The molecule has 0 spiro atoms. The summed E-state index contributed by atoms with van der Waals surface area (Å²) in [4.78, 5) is 16.0. The molecule has 0 radical (unpaired) electrons. The number of primary amides is 1. The summed E-state index contributed by atoms with van der Waals surface area (Å²) >= 11 is 0. The van der Waals surface area contributed by atoms with Gasteiger partial charge in [-0.15, -0.1) is 10.2 Å². The van der Waals surface area contributed by atoms with Gasteiger partial charge in [-0.2, -0.15) is 0 Å². The highest BCUT2D eigenvalue weighted by Crippen LogP contribution is 2.19. The maximum absolute atomic E-state index is 11.1. The highest BCUT2D eigenvalue weighted by Gasteiger charge is 2.26. The molecule has 134 valence electrons. The van der Waals surface area contributed by atoms with E-state index in [1.165, 1.54) is 5.56 Å². The Balaban J connectivity index is 1.54. The molecule has 1 aromatic carbocycles. The standard InChI is InChI=1S/C18H26N6O/c1-13-20-21-17(23(13)3)12-22(2)16-8-9-24(11-16)10-14-4-6-15(7-5-14)18(19)25/h4-7,16H,8-12H2,1-3H3,(H2,19,25)/t16-/m0/s1. The minimum absolute atomic E-state index is 0.381. The van der Waals surface area contributed by atoms with Gasteiger partial charge in [0.1, 0.15) is 11.6 Å². The second-order valence-electron chi connectivity index (χ2n) is 6.88. The number of hydrogen-bond donors (Lipinski definition) is 1. The summed E-state index contributed by atoms with van der Waals surface area (Å²) in [6.45, 7) is 5.78. The van der Waals surface area contributed by atoms with Crippen LogP contribution in [0.3, 0.4) is 0 Å². The van der Waals surface area contributed by atoms with E-state index < -0.39 is 0 Å². The third kappa shape index (κ3) is 4.05. The Bertz CT molecular complexity index is 739. The normalized spacial score (nSPS) is 18.2. The van der Waals surface area contributed by atoms with E-state index in [1.807, 2.05) is 30.7 Å². The van der Waals surface area contributed by atoms with E-state index in [-0.39, 0.29) is 5.91 Å². The maximum Gasteiger partial charge on any atom is 0.248 e. The Morgan fingerprint density at radius 3 is 2.64 bits per heavy atom. The molecule has 3 rings (SSSR count). The van der Waals surface area contributed by atoms with Gasteiger partial charge in [0.05, 0.1) is 6.54 Å². The van der Waals surface area contributed by atoms with Gasteiger partial charge in [-0.1, -0.05) is 12.1 Å². The van der Waals surface area contributed by atoms with Gasteiger partial charge in [-0.05, 0) is 38.1 Å². The Morgan fingerprint density at radius 1 is 1.32 bits per heavy atom. The SMILES string of the molecule is Cc1nnc(CN(C)[C@H]2CCN(Cc3ccc(C(N)=O)cc3)C2)n1C. The van der Waals surface area contributed by atoms with E-state index in [1.54, 1.807) is 12.1 Å². The molecular weight excluding hydrogens is 316 g/mol. The molecule has 25 heavy (non-hydrogen) atoms. The van der Waals surface area contributed by atoms with E-state index in [9.17, 15) is 4.79 Å². The van der Waals surface area contributed by atoms with Crippen molar-refractivity contribution in [1.82, 2.24) is 24.6 Å². The van der Waals surface area contributed by atoms with Crippen LogP contribution in [-0.2, 0) is 20.1 Å². The lowest BCUT2D eigenvalue weighted by Gasteiger charge is -2.24. The molecule has 1 amide bonds. The van der Waals surface area contributed by atoms with Crippen LogP contribution in [0.15, 0.2) is 24.3 Å². The number of nitrogens with two attached hydrogens (primary N) is 1. The quantitative estimate of drug-likeness (QED) is 0.845. The first-order valence-electron chi connectivity index (χ1n) is 8.60. The summed E-state index contributed by atoms with van der Waals surface area (Å²) in [5.41, 5.74) is 7.05. The number of hydrogen-bond acceptors (Lipinski definition) is 5. The number of carbonyl (C=O) groups is 1. The zero-order valence-electron chi connectivity index (χ0n) is 15.1. The molecule has 1 fully saturated rings. The van der Waals surface area contributed by atoms with Crippen molar-refractivity contribution < 1.29 is 4.79 Å². The fourth-order valence-electron chi connectivity index (χ4n) is 3.29. The first kappa shape index (κ1) is 17.6. The molecule has 2 N–H and O–H groups in total. The lowest BCUT2D eigenvalue weighted by Crippen LogP contribution is -2.34. The van der Waals surface area contributed by atoms with E-state index in [0.717, 1.165) is 44.2 Å². The lowest BCUT2D eigenvalue weighted by molar-refractivity contribution is 0.100. The lowest BCUT2D eigenvalue weighted by atomic mass is 10.1. The van der Waals surface area contributed by atoms with Crippen LogP contribution in [0.25, 0.3) is 0 Å². The van der Waals surface area contributed by atoms with Crippen molar-refractivity contribution in [2.24, 2.45) is 12.8 Å². The molecule has 0 bridgehead atoms. The topological polar surface area (TPSA) is 80.3 Å². The largest absolute Gasteiger partial charge is 0.366 e.